The summed E-state index contributed by atoms with van der Waals surface area (Å²) in [5.74, 6) is 2.40. The second-order valence-corrected chi connectivity index (χ2v) is 5.26. The highest BCUT2D eigenvalue weighted by molar-refractivity contribution is 6.30. The lowest BCUT2D eigenvalue weighted by molar-refractivity contribution is 0.631. The van der Waals surface area contributed by atoms with E-state index < -0.39 is 0 Å². The standard InChI is InChI=1S/C13H22ClN3/c1-6-7-11-15-12(14)10(4)13(16-11)17(5)8-9(2)3/h9H,6-8H2,1-5H3. The van der Waals surface area contributed by atoms with Crippen LogP contribution >= 0.6 is 11.6 Å². The normalized spacial score (nSPS) is 11.0. The fourth-order valence-corrected chi connectivity index (χ4v) is 2.04. The molecule has 0 aliphatic rings. The van der Waals surface area contributed by atoms with E-state index in [1.165, 1.54) is 0 Å². The highest BCUT2D eigenvalue weighted by Crippen LogP contribution is 2.23. The minimum Gasteiger partial charge on any atom is -0.359 e. The van der Waals surface area contributed by atoms with Gasteiger partial charge in [0.1, 0.15) is 16.8 Å². The Hall–Kier alpha value is -0.830. The molecule has 0 fully saturated rings. The van der Waals surface area contributed by atoms with Crippen LogP contribution in [0, 0.1) is 12.8 Å². The first kappa shape index (κ1) is 14.2. The van der Waals surface area contributed by atoms with Crippen LogP contribution in [0.15, 0.2) is 0 Å². The van der Waals surface area contributed by atoms with E-state index >= 15 is 0 Å². The van der Waals surface area contributed by atoms with E-state index in [1.54, 1.807) is 0 Å². The zero-order valence-corrected chi connectivity index (χ0v) is 12.2. The first-order valence-electron chi connectivity index (χ1n) is 6.19. The molecule has 3 nitrogen and oxygen atoms in total. The number of rotatable bonds is 5. The smallest absolute Gasteiger partial charge is 0.137 e. The quantitative estimate of drug-likeness (QED) is 0.755. The number of anilines is 1. The minimum atomic E-state index is 0.578. The van der Waals surface area contributed by atoms with Gasteiger partial charge in [-0.25, -0.2) is 9.97 Å². The molecular formula is C13H22ClN3. The molecule has 0 unspecified atom stereocenters. The van der Waals surface area contributed by atoms with Gasteiger partial charge in [0.25, 0.3) is 0 Å². The molecule has 0 aliphatic carbocycles. The molecule has 0 N–H and O–H groups in total. The van der Waals surface area contributed by atoms with Gasteiger partial charge in [-0.15, -0.1) is 0 Å². The van der Waals surface area contributed by atoms with Crippen molar-refractivity contribution in [3.8, 4) is 0 Å². The van der Waals surface area contributed by atoms with Crippen molar-refractivity contribution in [2.45, 2.75) is 40.5 Å². The Morgan fingerprint density at radius 3 is 2.47 bits per heavy atom. The van der Waals surface area contributed by atoms with Crippen LogP contribution in [0.3, 0.4) is 0 Å². The van der Waals surface area contributed by atoms with Gasteiger partial charge >= 0.3 is 0 Å². The van der Waals surface area contributed by atoms with Gasteiger partial charge in [-0.3, -0.25) is 0 Å². The van der Waals surface area contributed by atoms with Crippen LogP contribution in [0.1, 0.15) is 38.6 Å². The molecule has 4 heteroatoms. The van der Waals surface area contributed by atoms with Crippen molar-refractivity contribution in [2.24, 2.45) is 5.92 Å². The molecule has 0 atom stereocenters. The number of hydrogen-bond acceptors (Lipinski definition) is 3. The number of halogens is 1. The van der Waals surface area contributed by atoms with Gasteiger partial charge < -0.3 is 4.90 Å². The molecule has 1 aromatic heterocycles. The van der Waals surface area contributed by atoms with E-state index in [9.17, 15) is 0 Å². The SMILES string of the molecule is CCCc1nc(Cl)c(C)c(N(C)CC(C)C)n1. The maximum atomic E-state index is 6.16. The lowest BCUT2D eigenvalue weighted by Crippen LogP contribution is -2.25. The summed E-state index contributed by atoms with van der Waals surface area (Å²) in [7, 11) is 2.06. The Morgan fingerprint density at radius 1 is 1.29 bits per heavy atom. The van der Waals surface area contributed by atoms with Gasteiger partial charge in [-0.1, -0.05) is 32.4 Å². The van der Waals surface area contributed by atoms with E-state index in [4.69, 9.17) is 11.6 Å². The average molecular weight is 256 g/mol. The number of hydrogen-bond donors (Lipinski definition) is 0. The van der Waals surface area contributed by atoms with Crippen molar-refractivity contribution in [3.63, 3.8) is 0 Å². The molecule has 0 amide bonds. The van der Waals surface area contributed by atoms with Gasteiger partial charge in [0, 0.05) is 25.6 Å². The molecule has 0 saturated heterocycles. The lowest BCUT2D eigenvalue weighted by atomic mass is 10.2. The summed E-state index contributed by atoms with van der Waals surface area (Å²) in [6, 6.07) is 0. The molecular weight excluding hydrogens is 234 g/mol. The predicted octanol–water partition coefficient (Wildman–Crippen LogP) is 3.48. The minimum absolute atomic E-state index is 0.578. The van der Waals surface area contributed by atoms with Crippen LogP contribution in [-0.4, -0.2) is 23.6 Å². The average Bonchev–Trinajstić information content (AvgIpc) is 2.22. The molecule has 96 valence electrons. The van der Waals surface area contributed by atoms with E-state index in [1.807, 2.05) is 6.92 Å². The molecule has 1 heterocycles. The van der Waals surface area contributed by atoms with Crippen LogP contribution in [0.2, 0.25) is 5.15 Å². The summed E-state index contributed by atoms with van der Waals surface area (Å²) < 4.78 is 0. The van der Waals surface area contributed by atoms with Crippen LogP contribution in [-0.2, 0) is 6.42 Å². The molecule has 0 saturated carbocycles. The summed E-state index contributed by atoms with van der Waals surface area (Å²) in [6.45, 7) is 9.46. The summed E-state index contributed by atoms with van der Waals surface area (Å²) >= 11 is 6.16. The van der Waals surface area contributed by atoms with Crippen molar-refractivity contribution in [1.82, 2.24) is 9.97 Å². The predicted molar refractivity (Wildman–Crippen MR) is 73.9 cm³/mol. The Kier molecular flexibility index (Phi) is 5.19. The largest absolute Gasteiger partial charge is 0.359 e. The second kappa shape index (κ2) is 6.20. The van der Waals surface area contributed by atoms with Gasteiger partial charge in [0.2, 0.25) is 0 Å². The topological polar surface area (TPSA) is 29.0 Å². The van der Waals surface area contributed by atoms with Crippen molar-refractivity contribution >= 4 is 17.4 Å². The van der Waals surface area contributed by atoms with E-state index in [0.717, 1.165) is 36.6 Å². The van der Waals surface area contributed by atoms with E-state index in [-0.39, 0.29) is 0 Å². The first-order chi connectivity index (χ1) is 7.95. The Bertz CT molecular complexity index is 377. The Balaban J connectivity index is 3.04. The van der Waals surface area contributed by atoms with E-state index in [0.29, 0.717) is 11.1 Å². The first-order valence-corrected chi connectivity index (χ1v) is 6.57. The highest BCUT2D eigenvalue weighted by Gasteiger charge is 2.13. The van der Waals surface area contributed by atoms with Crippen LogP contribution < -0.4 is 4.90 Å². The highest BCUT2D eigenvalue weighted by atomic mass is 35.5. The number of nitrogens with zero attached hydrogens (tertiary/aromatic N) is 3. The van der Waals surface area contributed by atoms with Crippen molar-refractivity contribution < 1.29 is 0 Å². The summed E-state index contributed by atoms with van der Waals surface area (Å²) in [5, 5.41) is 0.578. The Morgan fingerprint density at radius 2 is 1.94 bits per heavy atom. The Labute approximate surface area is 109 Å². The maximum Gasteiger partial charge on any atom is 0.137 e. The van der Waals surface area contributed by atoms with Crippen LogP contribution in [0.4, 0.5) is 5.82 Å². The summed E-state index contributed by atoms with van der Waals surface area (Å²) in [5.41, 5.74) is 0.967. The van der Waals surface area contributed by atoms with Gasteiger partial charge in [0.15, 0.2) is 0 Å². The third kappa shape index (κ3) is 3.84. The van der Waals surface area contributed by atoms with Gasteiger partial charge in [0.05, 0.1) is 0 Å². The lowest BCUT2D eigenvalue weighted by Gasteiger charge is -2.23. The van der Waals surface area contributed by atoms with Crippen molar-refractivity contribution in [2.75, 3.05) is 18.5 Å². The third-order valence-corrected chi connectivity index (χ3v) is 2.95. The third-order valence-electron chi connectivity index (χ3n) is 2.58. The zero-order valence-electron chi connectivity index (χ0n) is 11.4. The van der Waals surface area contributed by atoms with E-state index in [2.05, 4.69) is 42.7 Å². The fraction of sp³-hybridized carbons (Fsp3) is 0.692. The molecule has 1 rings (SSSR count). The second-order valence-electron chi connectivity index (χ2n) is 4.90. The number of aromatic nitrogens is 2. The van der Waals surface area contributed by atoms with Crippen molar-refractivity contribution in [1.29, 1.82) is 0 Å². The monoisotopic (exact) mass is 255 g/mol. The summed E-state index contributed by atoms with van der Waals surface area (Å²) in [6.07, 6.45) is 1.91. The maximum absolute atomic E-state index is 6.16. The molecule has 0 aliphatic heterocycles. The molecule has 0 aromatic carbocycles. The summed E-state index contributed by atoms with van der Waals surface area (Å²) in [4.78, 5) is 11.1. The molecule has 0 spiro atoms. The van der Waals surface area contributed by atoms with Crippen LogP contribution in [0.5, 0.6) is 0 Å². The molecule has 0 bridgehead atoms. The van der Waals surface area contributed by atoms with Crippen molar-refractivity contribution in [3.05, 3.63) is 16.5 Å². The van der Waals surface area contributed by atoms with Gasteiger partial charge in [-0.05, 0) is 19.3 Å². The molecule has 1 aromatic rings. The fourth-order valence-electron chi connectivity index (χ4n) is 1.86. The number of aryl methyl sites for hydroxylation is 1. The molecule has 0 radical (unpaired) electrons. The van der Waals surface area contributed by atoms with Crippen LogP contribution in [0.25, 0.3) is 0 Å². The van der Waals surface area contributed by atoms with Gasteiger partial charge in [-0.2, -0.15) is 0 Å². The molecule has 17 heavy (non-hydrogen) atoms. The zero-order chi connectivity index (χ0) is 13.0.